The van der Waals surface area contributed by atoms with Crippen molar-refractivity contribution in [2.24, 2.45) is 0 Å². The molecule has 2 nitrogen and oxygen atoms in total. The number of anilines is 3. The van der Waals surface area contributed by atoms with E-state index < -0.39 is 5.41 Å². The Morgan fingerprint density at radius 2 is 0.947 bits per heavy atom. The van der Waals surface area contributed by atoms with Crippen LogP contribution in [0.2, 0.25) is 0 Å². The van der Waals surface area contributed by atoms with Crippen LogP contribution in [0.5, 0.6) is 11.5 Å². The lowest BCUT2D eigenvalue weighted by molar-refractivity contribution is 0.482. The molecule has 1 unspecified atom stereocenters. The lowest BCUT2D eigenvalue weighted by Gasteiger charge is -2.35. The average Bonchev–Trinajstić information content (AvgIpc) is 4.09. The highest BCUT2D eigenvalue weighted by Crippen LogP contribution is 2.58. The van der Waals surface area contributed by atoms with Crippen LogP contribution in [-0.4, -0.2) is 0 Å². The summed E-state index contributed by atoms with van der Waals surface area (Å²) in [4.78, 5) is 2.47. The minimum Gasteiger partial charge on any atom is -0.457 e. The predicted molar refractivity (Wildman–Crippen MR) is 320 cm³/mol. The van der Waals surface area contributed by atoms with Gasteiger partial charge in [0.25, 0.3) is 0 Å². The van der Waals surface area contributed by atoms with Crippen molar-refractivity contribution < 1.29 is 4.74 Å². The average molecular weight is 980 g/mol. The fraction of sp³-hybridized carbons (Fsp3) is 0.135. The van der Waals surface area contributed by atoms with Gasteiger partial charge in [0, 0.05) is 22.5 Å². The zero-order chi connectivity index (χ0) is 51.9. The van der Waals surface area contributed by atoms with Gasteiger partial charge in [0.05, 0.1) is 5.41 Å². The first kappa shape index (κ1) is 47.0. The Bertz CT molecular complexity index is 3910. The monoisotopic (exact) mass is 979 g/mol. The molecule has 0 amide bonds. The van der Waals surface area contributed by atoms with Crippen molar-refractivity contribution in [3.8, 4) is 56.0 Å². The summed E-state index contributed by atoms with van der Waals surface area (Å²) in [6.45, 7) is 19.8. The number of benzene rings is 10. The molecule has 2 heteroatoms. The van der Waals surface area contributed by atoms with Gasteiger partial charge >= 0.3 is 0 Å². The third kappa shape index (κ3) is 7.61. The molecule has 0 N–H and O–H groups in total. The van der Waals surface area contributed by atoms with Gasteiger partial charge < -0.3 is 9.64 Å². The van der Waals surface area contributed by atoms with Gasteiger partial charge in [-0.05, 0) is 191 Å². The van der Waals surface area contributed by atoms with Gasteiger partial charge in [-0.15, -0.1) is 0 Å². The molecule has 76 heavy (non-hydrogen) atoms. The van der Waals surface area contributed by atoms with Gasteiger partial charge in [-0.1, -0.05) is 212 Å². The van der Waals surface area contributed by atoms with Crippen LogP contribution < -0.4 is 9.64 Å². The third-order valence-corrected chi connectivity index (χ3v) is 16.8. The molecule has 0 bridgehead atoms. The molecule has 0 radical (unpaired) electrons. The second kappa shape index (κ2) is 18.0. The van der Waals surface area contributed by atoms with Crippen molar-refractivity contribution >= 4 is 29.2 Å². The maximum atomic E-state index is 6.48. The van der Waals surface area contributed by atoms with Crippen LogP contribution in [0.25, 0.3) is 56.7 Å². The highest BCUT2D eigenvalue weighted by Gasteiger charge is 2.47. The van der Waals surface area contributed by atoms with E-state index in [4.69, 9.17) is 4.74 Å². The minimum absolute atomic E-state index is 0.00466. The summed E-state index contributed by atoms with van der Waals surface area (Å²) in [7, 11) is 0. The summed E-state index contributed by atoms with van der Waals surface area (Å²) in [6, 6.07) is 81.3. The van der Waals surface area contributed by atoms with Crippen molar-refractivity contribution in [1.82, 2.24) is 0 Å². The lowest BCUT2D eigenvalue weighted by Crippen LogP contribution is -2.29. The van der Waals surface area contributed by atoms with Crippen LogP contribution in [-0.2, 0) is 29.1 Å². The van der Waals surface area contributed by atoms with E-state index in [2.05, 4.69) is 247 Å². The van der Waals surface area contributed by atoms with E-state index >= 15 is 0 Å². The molecular weight excluding hydrogens is 919 g/mol. The van der Waals surface area contributed by atoms with Crippen molar-refractivity contribution in [1.29, 1.82) is 0 Å². The van der Waals surface area contributed by atoms with Gasteiger partial charge in [0.15, 0.2) is 0 Å². The van der Waals surface area contributed by atoms with Crippen LogP contribution in [0, 0.1) is 0 Å². The highest BCUT2D eigenvalue weighted by atomic mass is 16.5. The summed E-state index contributed by atoms with van der Waals surface area (Å²) < 4.78 is 6.48. The topological polar surface area (TPSA) is 12.5 Å². The van der Waals surface area contributed by atoms with E-state index in [1.54, 1.807) is 0 Å². The normalized spacial score (nSPS) is 15.3. The van der Waals surface area contributed by atoms with E-state index in [1.165, 1.54) is 100 Å². The molecule has 368 valence electrons. The van der Waals surface area contributed by atoms with Gasteiger partial charge in [0.1, 0.15) is 11.5 Å². The maximum absolute atomic E-state index is 6.48. The lowest BCUT2D eigenvalue weighted by atomic mass is 9.67. The molecular formula is C74H61NO. The van der Waals surface area contributed by atoms with Crippen LogP contribution in [0.1, 0.15) is 95.8 Å². The molecule has 0 spiro atoms. The second-order valence-electron chi connectivity index (χ2n) is 22.5. The highest BCUT2D eigenvalue weighted by molar-refractivity contribution is 5.92. The Balaban J connectivity index is 0.978. The third-order valence-electron chi connectivity index (χ3n) is 16.8. The number of ether oxygens (including phenoxy) is 1. The molecule has 3 aliphatic carbocycles. The van der Waals surface area contributed by atoms with Crippen LogP contribution in [0.4, 0.5) is 17.1 Å². The summed E-state index contributed by atoms with van der Waals surface area (Å²) in [5, 5.41) is 0. The molecule has 1 atom stereocenters. The standard InChI is InChI=1S/C74H61NO/c1-8-48-19-36-61(37-20-48)76-62-38-30-57(31-39-62)74(56-28-26-55(27-29-56)72(3,4)5)68-18-14-13-17-63(68)66-42-35-60(47-71(66)74)75(58-32-23-51(24-33-58)50-15-11-10-12-16-50)59-34-41-65-64-40-25-54(45-69(64)73(6,7)70(65)46-59)67-44-53-22-21-52(53)43-49(67)9-2/h8-20,23-47H,1-2,21-22H2,3-7H3. The molecule has 0 saturated heterocycles. The number of rotatable bonds is 11. The second-order valence-corrected chi connectivity index (χ2v) is 22.5. The Hall–Kier alpha value is -8.72. The van der Waals surface area contributed by atoms with E-state index in [1.807, 2.05) is 36.4 Å². The molecule has 10 aromatic rings. The first-order valence-electron chi connectivity index (χ1n) is 26.8. The van der Waals surface area contributed by atoms with Gasteiger partial charge in [-0.2, -0.15) is 0 Å². The fourth-order valence-corrected chi connectivity index (χ4v) is 12.6. The van der Waals surface area contributed by atoms with E-state index in [9.17, 15) is 0 Å². The number of fused-ring (bicyclic) bond motifs is 7. The zero-order valence-electron chi connectivity index (χ0n) is 44.1. The van der Waals surface area contributed by atoms with Crippen molar-refractivity contribution in [3.05, 3.63) is 293 Å². The summed E-state index contributed by atoms with van der Waals surface area (Å²) >= 11 is 0. The number of hydrogen-bond acceptors (Lipinski definition) is 2. The predicted octanol–water partition coefficient (Wildman–Crippen LogP) is 19.6. The van der Waals surface area contributed by atoms with Gasteiger partial charge in [-0.3, -0.25) is 0 Å². The Morgan fingerprint density at radius 1 is 0.434 bits per heavy atom. The molecule has 13 rings (SSSR count). The van der Waals surface area contributed by atoms with E-state index in [0.29, 0.717) is 0 Å². The molecule has 10 aromatic carbocycles. The maximum Gasteiger partial charge on any atom is 0.127 e. The van der Waals surface area contributed by atoms with Gasteiger partial charge in [-0.25, -0.2) is 0 Å². The van der Waals surface area contributed by atoms with Crippen molar-refractivity contribution in [3.63, 3.8) is 0 Å². The van der Waals surface area contributed by atoms with Crippen molar-refractivity contribution in [2.45, 2.75) is 63.7 Å². The zero-order valence-corrected chi connectivity index (χ0v) is 44.1. The molecule has 0 aliphatic heterocycles. The quantitative estimate of drug-likeness (QED) is 0.128. The minimum atomic E-state index is -0.657. The Labute approximate surface area is 449 Å². The number of nitrogens with zero attached hydrogens (tertiary/aromatic N) is 1. The Kier molecular flexibility index (Phi) is 11.1. The van der Waals surface area contributed by atoms with Crippen LogP contribution in [0.3, 0.4) is 0 Å². The van der Waals surface area contributed by atoms with Crippen LogP contribution in [0.15, 0.2) is 232 Å². The first-order valence-corrected chi connectivity index (χ1v) is 26.8. The first-order chi connectivity index (χ1) is 36.9. The number of aryl methyl sites for hydroxylation is 2. The smallest absolute Gasteiger partial charge is 0.127 e. The molecule has 0 heterocycles. The number of hydrogen-bond donors (Lipinski definition) is 0. The summed E-state index contributed by atoms with van der Waals surface area (Å²) in [5.41, 5.74) is 26.4. The Morgan fingerprint density at radius 3 is 1.58 bits per heavy atom. The SMILES string of the molecule is C=Cc1ccc(Oc2ccc(C3(c4ccc(C(C)(C)C)cc4)c4ccccc4-c4ccc(N(c5ccc(-c6ccccc6)cc5)c5ccc6c(c5)C(C)(C)c5cc(-c7cc8c(cc7C=C)CC8)ccc5-6)cc43)cc2)cc1. The van der Waals surface area contributed by atoms with Gasteiger partial charge in [0.2, 0.25) is 0 Å². The molecule has 0 saturated carbocycles. The van der Waals surface area contributed by atoms with Crippen LogP contribution >= 0.6 is 0 Å². The molecule has 3 aliphatic rings. The fourth-order valence-electron chi connectivity index (χ4n) is 12.6. The largest absolute Gasteiger partial charge is 0.457 e. The van der Waals surface area contributed by atoms with E-state index in [-0.39, 0.29) is 10.8 Å². The van der Waals surface area contributed by atoms with E-state index in [0.717, 1.165) is 47.0 Å². The molecule has 0 fully saturated rings. The summed E-state index contributed by atoms with van der Waals surface area (Å²) in [5.74, 6) is 1.57. The van der Waals surface area contributed by atoms with Crippen molar-refractivity contribution in [2.75, 3.05) is 4.90 Å². The molecule has 0 aromatic heterocycles. The summed E-state index contributed by atoms with van der Waals surface area (Å²) in [6.07, 6.45) is 6.18.